The number of hydrogen-bond donors (Lipinski definition) is 2. The minimum Gasteiger partial charge on any atom is -0.359 e. The largest absolute Gasteiger partial charge is 0.359 e. The summed E-state index contributed by atoms with van der Waals surface area (Å²) in [6.07, 6.45) is 1.72. The van der Waals surface area contributed by atoms with Gasteiger partial charge in [0.05, 0.1) is 12.0 Å². The van der Waals surface area contributed by atoms with Crippen molar-refractivity contribution in [3.63, 3.8) is 0 Å². The van der Waals surface area contributed by atoms with E-state index in [-0.39, 0.29) is 30.1 Å². The van der Waals surface area contributed by atoms with E-state index < -0.39 is 6.04 Å². The van der Waals surface area contributed by atoms with Crippen molar-refractivity contribution in [2.75, 3.05) is 20.1 Å². The topological polar surface area (TPSA) is 75.4 Å². The molecule has 0 radical (unpaired) electrons. The van der Waals surface area contributed by atoms with Crippen molar-refractivity contribution < 1.29 is 9.59 Å². The Bertz CT molecular complexity index is 258. The highest BCUT2D eigenvalue weighted by molar-refractivity contribution is 5.85. The van der Waals surface area contributed by atoms with Gasteiger partial charge in [-0.3, -0.25) is 9.59 Å². The molecule has 94 valence electrons. The third-order valence-electron chi connectivity index (χ3n) is 2.74. The number of halogens is 1. The zero-order valence-electron chi connectivity index (χ0n) is 9.73. The predicted molar refractivity (Wildman–Crippen MR) is 64.3 cm³/mol. The number of rotatable bonds is 2. The lowest BCUT2D eigenvalue weighted by Gasteiger charge is -2.32. The number of carbonyl (C=O) groups is 2. The number of piperidine rings is 1. The van der Waals surface area contributed by atoms with Crippen molar-refractivity contribution >= 4 is 24.2 Å². The SMILES string of the molecule is CNC(=O)C1CCCN(C(=O)C(C)N)C1.Cl. The maximum Gasteiger partial charge on any atom is 0.239 e. The van der Waals surface area contributed by atoms with Crippen molar-refractivity contribution in [3.05, 3.63) is 0 Å². The fraction of sp³-hybridized carbons (Fsp3) is 0.800. The van der Waals surface area contributed by atoms with Gasteiger partial charge in [-0.05, 0) is 19.8 Å². The van der Waals surface area contributed by atoms with Gasteiger partial charge < -0.3 is 16.0 Å². The molecular formula is C10H20ClN3O2. The Kier molecular flexibility index (Phi) is 6.36. The van der Waals surface area contributed by atoms with Crippen molar-refractivity contribution in [1.82, 2.24) is 10.2 Å². The monoisotopic (exact) mass is 249 g/mol. The van der Waals surface area contributed by atoms with Crippen LogP contribution in [0.4, 0.5) is 0 Å². The highest BCUT2D eigenvalue weighted by Gasteiger charge is 2.28. The van der Waals surface area contributed by atoms with Gasteiger partial charge in [0, 0.05) is 20.1 Å². The number of amides is 2. The second-order valence-electron chi connectivity index (χ2n) is 4.03. The molecule has 0 saturated carbocycles. The number of nitrogens with zero attached hydrogens (tertiary/aromatic N) is 1. The highest BCUT2D eigenvalue weighted by atomic mass is 35.5. The maximum absolute atomic E-state index is 11.6. The van der Waals surface area contributed by atoms with Gasteiger partial charge in [-0.1, -0.05) is 0 Å². The Hall–Kier alpha value is -0.810. The van der Waals surface area contributed by atoms with Crippen molar-refractivity contribution in [2.24, 2.45) is 11.7 Å². The Morgan fingerprint density at radius 1 is 1.50 bits per heavy atom. The van der Waals surface area contributed by atoms with Crippen LogP contribution in [-0.4, -0.2) is 42.9 Å². The molecule has 0 aliphatic carbocycles. The minimum absolute atomic E-state index is 0. The molecule has 0 bridgehead atoms. The van der Waals surface area contributed by atoms with Crippen LogP contribution in [0.25, 0.3) is 0 Å². The summed E-state index contributed by atoms with van der Waals surface area (Å²) in [6, 6.07) is -0.478. The van der Waals surface area contributed by atoms with Crippen LogP contribution in [0.15, 0.2) is 0 Å². The van der Waals surface area contributed by atoms with E-state index in [1.165, 1.54) is 0 Å². The van der Waals surface area contributed by atoms with Crippen LogP contribution in [0.5, 0.6) is 0 Å². The molecule has 0 aromatic carbocycles. The quantitative estimate of drug-likeness (QED) is 0.708. The van der Waals surface area contributed by atoms with E-state index >= 15 is 0 Å². The smallest absolute Gasteiger partial charge is 0.239 e. The number of hydrogen-bond acceptors (Lipinski definition) is 3. The third-order valence-corrected chi connectivity index (χ3v) is 2.74. The summed E-state index contributed by atoms with van der Waals surface area (Å²) in [7, 11) is 1.62. The summed E-state index contributed by atoms with van der Waals surface area (Å²) in [4.78, 5) is 24.7. The third kappa shape index (κ3) is 3.64. The maximum atomic E-state index is 11.6. The van der Waals surface area contributed by atoms with Crippen LogP contribution < -0.4 is 11.1 Å². The summed E-state index contributed by atoms with van der Waals surface area (Å²) in [5, 5.41) is 2.62. The Labute approximate surface area is 102 Å². The molecule has 6 heteroatoms. The summed E-state index contributed by atoms with van der Waals surface area (Å²) in [5.74, 6) is -0.132. The summed E-state index contributed by atoms with van der Waals surface area (Å²) in [6.45, 7) is 2.89. The van der Waals surface area contributed by atoms with Crippen LogP contribution >= 0.6 is 12.4 Å². The van der Waals surface area contributed by atoms with Crippen LogP contribution in [0.3, 0.4) is 0 Å². The van der Waals surface area contributed by atoms with Crippen LogP contribution in [0.1, 0.15) is 19.8 Å². The van der Waals surface area contributed by atoms with Gasteiger partial charge in [0.15, 0.2) is 0 Å². The molecule has 1 saturated heterocycles. The van der Waals surface area contributed by atoms with Crippen molar-refractivity contribution in [3.8, 4) is 0 Å². The van der Waals surface area contributed by atoms with Crippen LogP contribution in [0, 0.1) is 5.92 Å². The van der Waals surface area contributed by atoms with Crippen LogP contribution in [0.2, 0.25) is 0 Å². The standard InChI is InChI=1S/C10H19N3O2.ClH/c1-7(11)10(15)13-5-3-4-8(6-13)9(14)12-2;/h7-8H,3-6,11H2,1-2H3,(H,12,14);1H. The second kappa shape index (κ2) is 6.70. The van der Waals surface area contributed by atoms with Crippen molar-refractivity contribution in [2.45, 2.75) is 25.8 Å². The molecular weight excluding hydrogens is 230 g/mol. The normalized spacial score (nSPS) is 21.9. The van der Waals surface area contributed by atoms with Gasteiger partial charge in [-0.15, -0.1) is 12.4 Å². The van der Waals surface area contributed by atoms with Gasteiger partial charge >= 0.3 is 0 Å². The molecule has 1 rings (SSSR count). The number of nitrogens with one attached hydrogen (secondary N) is 1. The lowest BCUT2D eigenvalue weighted by Crippen LogP contribution is -2.49. The summed E-state index contributed by atoms with van der Waals surface area (Å²) < 4.78 is 0. The number of nitrogens with two attached hydrogens (primary N) is 1. The molecule has 3 N–H and O–H groups in total. The lowest BCUT2D eigenvalue weighted by atomic mass is 9.97. The molecule has 2 amide bonds. The van der Waals surface area contributed by atoms with E-state index in [4.69, 9.17) is 5.73 Å². The zero-order valence-corrected chi connectivity index (χ0v) is 10.5. The molecule has 1 aliphatic rings. The molecule has 1 aliphatic heterocycles. The van der Waals surface area contributed by atoms with E-state index in [0.717, 1.165) is 12.8 Å². The molecule has 1 fully saturated rings. The molecule has 16 heavy (non-hydrogen) atoms. The number of likely N-dealkylation sites (tertiary alicyclic amines) is 1. The van der Waals surface area contributed by atoms with Gasteiger partial charge in [-0.2, -0.15) is 0 Å². The first-order valence-corrected chi connectivity index (χ1v) is 5.32. The Morgan fingerprint density at radius 3 is 2.62 bits per heavy atom. The van der Waals surface area contributed by atoms with E-state index in [9.17, 15) is 9.59 Å². The number of carbonyl (C=O) groups excluding carboxylic acids is 2. The van der Waals surface area contributed by atoms with Gasteiger partial charge in [0.1, 0.15) is 0 Å². The molecule has 0 aromatic rings. The van der Waals surface area contributed by atoms with Gasteiger partial charge in [0.2, 0.25) is 11.8 Å². The molecule has 5 nitrogen and oxygen atoms in total. The zero-order chi connectivity index (χ0) is 11.4. The minimum atomic E-state index is -0.478. The van der Waals surface area contributed by atoms with E-state index in [0.29, 0.717) is 13.1 Å². The first-order chi connectivity index (χ1) is 7.06. The molecule has 2 unspecified atom stereocenters. The molecule has 0 aromatic heterocycles. The van der Waals surface area contributed by atoms with E-state index in [1.54, 1.807) is 18.9 Å². The average Bonchev–Trinajstić information content (AvgIpc) is 2.27. The van der Waals surface area contributed by atoms with Crippen molar-refractivity contribution in [1.29, 1.82) is 0 Å². The van der Waals surface area contributed by atoms with Gasteiger partial charge in [0.25, 0.3) is 0 Å². The first kappa shape index (κ1) is 15.2. The Morgan fingerprint density at radius 2 is 2.12 bits per heavy atom. The summed E-state index contributed by atoms with van der Waals surface area (Å²) >= 11 is 0. The summed E-state index contributed by atoms with van der Waals surface area (Å²) in [5.41, 5.74) is 5.53. The highest BCUT2D eigenvalue weighted by Crippen LogP contribution is 2.16. The van der Waals surface area contributed by atoms with Gasteiger partial charge in [-0.25, -0.2) is 0 Å². The molecule has 1 heterocycles. The Balaban J connectivity index is 0.00000225. The lowest BCUT2D eigenvalue weighted by molar-refractivity contribution is -0.136. The molecule has 0 spiro atoms. The fourth-order valence-electron chi connectivity index (χ4n) is 1.88. The van der Waals surface area contributed by atoms with Crippen LogP contribution in [-0.2, 0) is 9.59 Å². The average molecular weight is 250 g/mol. The van der Waals surface area contributed by atoms with E-state index in [2.05, 4.69) is 5.32 Å². The first-order valence-electron chi connectivity index (χ1n) is 5.32. The predicted octanol–water partition coefficient (Wildman–Crippen LogP) is -0.260. The van der Waals surface area contributed by atoms with E-state index in [1.807, 2.05) is 0 Å². The fourth-order valence-corrected chi connectivity index (χ4v) is 1.88. The molecule has 2 atom stereocenters. The second-order valence-corrected chi connectivity index (χ2v) is 4.03.